The van der Waals surface area contributed by atoms with E-state index in [0.29, 0.717) is 5.92 Å². The van der Waals surface area contributed by atoms with Crippen LogP contribution in [-0.4, -0.2) is 70.1 Å². The normalized spacial score (nSPS) is 22.4. The molecule has 3 rings (SSSR count). The van der Waals surface area contributed by atoms with Crippen LogP contribution < -0.4 is 5.32 Å². The van der Waals surface area contributed by atoms with Gasteiger partial charge in [0, 0.05) is 38.8 Å². The molecule has 1 N–H and O–H groups in total. The fourth-order valence-electron chi connectivity index (χ4n) is 3.72. The van der Waals surface area contributed by atoms with Crippen molar-refractivity contribution in [1.82, 2.24) is 10.2 Å². The van der Waals surface area contributed by atoms with E-state index in [1.165, 1.54) is 11.1 Å². The summed E-state index contributed by atoms with van der Waals surface area (Å²) < 4.78 is 17.2. The summed E-state index contributed by atoms with van der Waals surface area (Å²) in [5, 5.41) is 3.44. The van der Waals surface area contributed by atoms with Crippen molar-refractivity contribution in [3.63, 3.8) is 0 Å². The lowest BCUT2D eigenvalue weighted by Crippen LogP contribution is -2.48. The predicted molar refractivity (Wildman–Crippen MR) is 127 cm³/mol. The van der Waals surface area contributed by atoms with Gasteiger partial charge in [-0.25, -0.2) is 0 Å². The molecule has 0 aliphatic carbocycles. The third-order valence-corrected chi connectivity index (χ3v) is 5.32. The van der Waals surface area contributed by atoms with Crippen molar-refractivity contribution in [3.8, 4) is 0 Å². The van der Waals surface area contributed by atoms with Gasteiger partial charge >= 0.3 is 0 Å². The van der Waals surface area contributed by atoms with Gasteiger partial charge in [-0.2, -0.15) is 0 Å². The highest BCUT2D eigenvalue weighted by Crippen LogP contribution is 2.25. The molecule has 6 nitrogen and oxygen atoms in total. The fraction of sp³-hybridized carbons (Fsp3) is 0.682. The van der Waals surface area contributed by atoms with Gasteiger partial charge in [-0.3, -0.25) is 4.99 Å². The van der Waals surface area contributed by atoms with Gasteiger partial charge in [0.25, 0.3) is 0 Å². The van der Waals surface area contributed by atoms with E-state index in [0.717, 1.165) is 78.0 Å². The number of morpholine rings is 1. The lowest BCUT2D eigenvalue weighted by molar-refractivity contribution is -0.00834. The van der Waals surface area contributed by atoms with Gasteiger partial charge in [-0.15, -0.1) is 24.0 Å². The largest absolute Gasteiger partial charge is 0.381 e. The number of hydrogen-bond acceptors (Lipinski definition) is 4. The molecule has 0 amide bonds. The maximum atomic E-state index is 6.06. The zero-order valence-electron chi connectivity index (χ0n) is 17.8. The molecule has 1 aromatic carbocycles. The molecule has 2 aliphatic rings. The molecule has 0 saturated carbocycles. The second kappa shape index (κ2) is 13.4. The Morgan fingerprint density at radius 2 is 2.17 bits per heavy atom. The summed E-state index contributed by atoms with van der Waals surface area (Å²) in [5.41, 5.74) is 2.55. The maximum Gasteiger partial charge on any atom is 0.194 e. The molecule has 7 heteroatoms. The molecule has 2 fully saturated rings. The zero-order chi connectivity index (χ0) is 19.6. The Morgan fingerprint density at radius 3 is 2.93 bits per heavy atom. The number of aryl methyl sites for hydroxylation is 1. The van der Waals surface area contributed by atoms with Crippen LogP contribution in [0.25, 0.3) is 0 Å². The van der Waals surface area contributed by atoms with Gasteiger partial charge < -0.3 is 24.4 Å². The van der Waals surface area contributed by atoms with E-state index in [4.69, 9.17) is 19.2 Å². The topological polar surface area (TPSA) is 55.3 Å². The molecule has 2 atom stereocenters. The van der Waals surface area contributed by atoms with Crippen LogP contribution in [0.1, 0.15) is 37.0 Å². The molecule has 2 unspecified atom stereocenters. The SMILES string of the molecule is CCNC(=NCCCOCC1CCOC1)N1CCOC(c2ccccc2C)C1.I. The summed E-state index contributed by atoms with van der Waals surface area (Å²) in [6, 6.07) is 8.48. The number of rotatable bonds is 8. The highest BCUT2D eigenvalue weighted by atomic mass is 127. The molecule has 0 spiro atoms. The van der Waals surface area contributed by atoms with Crippen molar-refractivity contribution in [2.75, 3.05) is 59.2 Å². The van der Waals surface area contributed by atoms with Gasteiger partial charge in [-0.05, 0) is 37.8 Å². The molecule has 0 aromatic heterocycles. The number of hydrogen-bond donors (Lipinski definition) is 1. The average Bonchev–Trinajstić information content (AvgIpc) is 3.24. The lowest BCUT2D eigenvalue weighted by Gasteiger charge is -2.35. The van der Waals surface area contributed by atoms with E-state index in [-0.39, 0.29) is 30.1 Å². The number of benzene rings is 1. The quantitative estimate of drug-likeness (QED) is 0.248. The first-order valence-corrected chi connectivity index (χ1v) is 10.6. The van der Waals surface area contributed by atoms with Crippen LogP contribution in [0.5, 0.6) is 0 Å². The molecular weight excluding hydrogens is 481 g/mol. The van der Waals surface area contributed by atoms with E-state index in [9.17, 15) is 0 Å². The van der Waals surface area contributed by atoms with Crippen LogP contribution in [0.3, 0.4) is 0 Å². The maximum absolute atomic E-state index is 6.06. The predicted octanol–water partition coefficient (Wildman–Crippen LogP) is 3.40. The minimum atomic E-state index is 0. The summed E-state index contributed by atoms with van der Waals surface area (Å²) >= 11 is 0. The molecule has 164 valence electrons. The Labute approximate surface area is 192 Å². The van der Waals surface area contributed by atoms with Crippen molar-refractivity contribution in [3.05, 3.63) is 35.4 Å². The average molecular weight is 517 g/mol. The highest BCUT2D eigenvalue weighted by molar-refractivity contribution is 14.0. The minimum Gasteiger partial charge on any atom is -0.381 e. The molecule has 2 aliphatic heterocycles. The minimum absolute atomic E-state index is 0. The van der Waals surface area contributed by atoms with Crippen LogP contribution in [0.4, 0.5) is 0 Å². The van der Waals surface area contributed by atoms with Crippen molar-refractivity contribution in [1.29, 1.82) is 0 Å². The zero-order valence-corrected chi connectivity index (χ0v) is 20.1. The number of nitrogens with one attached hydrogen (secondary N) is 1. The fourth-order valence-corrected chi connectivity index (χ4v) is 3.72. The summed E-state index contributed by atoms with van der Waals surface area (Å²) in [6.07, 6.45) is 2.16. The third kappa shape index (κ3) is 7.70. The van der Waals surface area contributed by atoms with Gasteiger partial charge in [-0.1, -0.05) is 24.3 Å². The van der Waals surface area contributed by atoms with Crippen LogP contribution in [-0.2, 0) is 14.2 Å². The summed E-state index contributed by atoms with van der Waals surface area (Å²) in [6.45, 7) is 11.6. The Balaban J connectivity index is 0.00000300. The number of aliphatic imine (C=N–C) groups is 1. The summed E-state index contributed by atoms with van der Waals surface area (Å²) in [5.74, 6) is 1.56. The van der Waals surface area contributed by atoms with Gasteiger partial charge in [0.05, 0.1) is 26.4 Å². The van der Waals surface area contributed by atoms with Crippen molar-refractivity contribution in [2.45, 2.75) is 32.8 Å². The van der Waals surface area contributed by atoms with Crippen LogP contribution in [0.15, 0.2) is 29.3 Å². The van der Waals surface area contributed by atoms with Crippen molar-refractivity contribution < 1.29 is 14.2 Å². The molecule has 2 heterocycles. The molecule has 0 bridgehead atoms. The lowest BCUT2D eigenvalue weighted by atomic mass is 10.0. The van der Waals surface area contributed by atoms with Gasteiger partial charge in [0.15, 0.2) is 5.96 Å². The number of ether oxygens (including phenoxy) is 3. The van der Waals surface area contributed by atoms with Crippen LogP contribution in [0, 0.1) is 12.8 Å². The van der Waals surface area contributed by atoms with Crippen LogP contribution >= 0.6 is 24.0 Å². The van der Waals surface area contributed by atoms with Crippen molar-refractivity contribution in [2.24, 2.45) is 10.9 Å². The highest BCUT2D eigenvalue weighted by Gasteiger charge is 2.25. The second-order valence-corrected chi connectivity index (χ2v) is 7.56. The first-order valence-electron chi connectivity index (χ1n) is 10.6. The molecular formula is C22H36IN3O3. The Bertz CT molecular complexity index is 623. The van der Waals surface area contributed by atoms with E-state index in [1.54, 1.807) is 0 Å². The molecule has 1 aromatic rings. The Morgan fingerprint density at radius 1 is 1.31 bits per heavy atom. The number of halogens is 1. The number of guanidine groups is 1. The first kappa shape index (κ1) is 24.4. The van der Waals surface area contributed by atoms with E-state index < -0.39 is 0 Å². The van der Waals surface area contributed by atoms with Crippen molar-refractivity contribution >= 4 is 29.9 Å². The third-order valence-electron chi connectivity index (χ3n) is 5.32. The molecule has 2 saturated heterocycles. The van der Waals surface area contributed by atoms with Crippen LogP contribution in [0.2, 0.25) is 0 Å². The molecule has 29 heavy (non-hydrogen) atoms. The summed E-state index contributed by atoms with van der Waals surface area (Å²) in [7, 11) is 0. The standard InChI is InChI=1S/C22H35N3O3.HI/c1-3-23-22(24-10-6-12-26-16-19-9-13-27-17-19)25-11-14-28-21(15-25)20-8-5-4-7-18(20)2;/h4-5,7-8,19,21H,3,6,9-17H2,1-2H3,(H,23,24);1H. The molecule has 0 radical (unpaired) electrons. The Hall–Kier alpha value is -0.900. The van der Waals surface area contributed by atoms with E-state index in [2.05, 4.69) is 48.3 Å². The van der Waals surface area contributed by atoms with E-state index in [1.807, 2.05) is 0 Å². The van der Waals surface area contributed by atoms with Gasteiger partial charge in [0.2, 0.25) is 0 Å². The second-order valence-electron chi connectivity index (χ2n) is 7.56. The van der Waals surface area contributed by atoms with Gasteiger partial charge in [0.1, 0.15) is 6.10 Å². The first-order chi connectivity index (χ1) is 13.8. The summed E-state index contributed by atoms with van der Waals surface area (Å²) in [4.78, 5) is 7.15. The smallest absolute Gasteiger partial charge is 0.194 e. The van der Waals surface area contributed by atoms with E-state index >= 15 is 0 Å². The Kier molecular flexibility index (Phi) is 11.3. The monoisotopic (exact) mass is 517 g/mol. The number of nitrogens with zero attached hydrogens (tertiary/aromatic N) is 2.